The van der Waals surface area contributed by atoms with E-state index in [0.29, 0.717) is 0 Å². The summed E-state index contributed by atoms with van der Waals surface area (Å²) in [6.45, 7) is -0.948. The molecule has 1 atom stereocenters. The minimum absolute atomic E-state index is 0.0801. The van der Waals surface area contributed by atoms with Gasteiger partial charge in [-0.15, -0.1) is 0 Å². The van der Waals surface area contributed by atoms with E-state index in [1.807, 2.05) is 5.32 Å². The first-order valence-electron chi connectivity index (χ1n) is 5.05. The van der Waals surface area contributed by atoms with Gasteiger partial charge in [0.2, 0.25) is 5.91 Å². The predicted molar refractivity (Wildman–Crippen MR) is 55.2 cm³/mol. The Morgan fingerprint density at radius 3 is 2.50 bits per heavy atom. The van der Waals surface area contributed by atoms with Crippen LogP contribution in [-0.4, -0.2) is 29.8 Å². The van der Waals surface area contributed by atoms with Gasteiger partial charge >= 0.3 is 6.18 Å². The van der Waals surface area contributed by atoms with Crippen LogP contribution in [0.3, 0.4) is 0 Å². The van der Waals surface area contributed by atoms with Crippen LogP contribution in [0.2, 0.25) is 0 Å². The zero-order valence-electron chi connectivity index (χ0n) is 9.17. The van der Waals surface area contributed by atoms with Crippen LogP contribution in [-0.2, 0) is 11.2 Å². The minimum Gasteiger partial charge on any atom is -0.382 e. The number of hydrogen-bond donors (Lipinski definition) is 2. The lowest BCUT2D eigenvalue weighted by atomic mass is 10.1. The number of aliphatic hydroxyl groups is 1. The number of rotatable bonds is 4. The maximum Gasteiger partial charge on any atom is 0.416 e. The van der Waals surface area contributed by atoms with Gasteiger partial charge in [-0.05, 0) is 11.6 Å². The minimum atomic E-state index is -4.79. The molecule has 0 heterocycles. The van der Waals surface area contributed by atoms with Gasteiger partial charge in [-0.3, -0.25) is 4.79 Å². The molecule has 2 N–H and O–H groups in total. The highest BCUT2D eigenvalue weighted by Crippen LogP contribution is 2.19. The first kappa shape index (κ1) is 14.4. The molecule has 0 aliphatic rings. The van der Waals surface area contributed by atoms with Gasteiger partial charge in [-0.25, -0.2) is 4.39 Å². The van der Waals surface area contributed by atoms with Crippen molar-refractivity contribution in [2.75, 3.05) is 6.54 Å². The third kappa shape index (κ3) is 4.33. The average molecular weight is 265 g/mol. The van der Waals surface area contributed by atoms with Crippen LogP contribution in [0.1, 0.15) is 5.56 Å². The van der Waals surface area contributed by atoms with E-state index >= 15 is 0 Å². The molecule has 1 rings (SSSR count). The highest BCUT2D eigenvalue weighted by atomic mass is 19.4. The molecule has 1 unspecified atom stereocenters. The van der Waals surface area contributed by atoms with Crippen LogP contribution in [0, 0.1) is 5.82 Å². The molecule has 0 saturated carbocycles. The van der Waals surface area contributed by atoms with Gasteiger partial charge in [-0.1, -0.05) is 18.2 Å². The molecule has 0 aromatic heterocycles. The fraction of sp³-hybridized carbons (Fsp3) is 0.364. The second-order valence-electron chi connectivity index (χ2n) is 3.63. The van der Waals surface area contributed by atoms with Crippen molar-refractivity contribution in [3.05, 3.63) is 35.6 Å². The van der Waals surface area contributed by atoms with Crippen LogP contribution in [0.5, 0.6) is 0 Å². The molecule has 3 nitrogen and oxygen atoms in total. The number of carbonyl (C=O) groups excluding carboxylic acids is 1. The molecule has 1 amide bonds. The highest BCUT2D eigenvalue weighted by molar-refractivity contribution is 5.78. The van der Waals surface area contributed by atoms with Crippen LogP contribution < -0.4 is 5.32 Å². The maximum atomic E-state index is 13.1. The summed E-state index contributed by atoms with van der Waals surface area (Å²) in [7, 11) is 0. The second kappa shape index (κ2) is 5.81. The van der Waals surface area contributed by atoms with Gasteiger partial charge in [0.15, 0.2) is 6.10 Å². The van der Waals surface area contributed by atoms with Gasteiger partial charge in [0.1, 0.15) is 5.82 Å². The molecule has 100 valence electrons. The fourth-order valence-corrected chi connectivity index (χ4v) is 1.20. The fourth-order valence-electron chi connectivity index (χ4n) is 1.20. The SMILES string of the molecule is O=C(Cc1ccccc1F)NCC(O)C(F)(F)F. The summed E-state index contributed by atoms with van der Waals surface area (Å²) in [5.74, 6) is -1.40. The van der Waals surface area contributed by atoms with E-state index in [2.05, 4.69) is 0 Å². The van der Waals surface area contributed by atoms with Crippen LogP contribution in [0.25, 0.3) is 0 Å². The van der Waals surface area contributed by atoms with Crippen LogP contribution in [0.15, 0.2) is 24.3 Å². The molecule has 0 saturated heterocycles. The predicted octanol–water partition coefficient (Wildman–Crippen LogP) is 1.41. The number of amides is 1. The van der Waals surface area contributed by atoms with E-state index in [1.54, 1.807) is 0 Å². The molecule has 0 bridgehead atoms. The number of hydrogen-bond acceptors (Lipinski definition) is 2. The topological polar surface area (TPSA) is 49.3 Å². The largest absolute Gasteiger partial charge is 0.416 e. The zero-order chi connectivity index (χ0) is 13.8. The van der Waals surface area contributed by atoms with Gasteiger partial charge in [-0.2, -0.15) is 13.2 Å². The number of halogens is 4. The average Bonchev–Trinajstić information content (AvgIpc) is 2.27. The van der Waals surface area contributed by atoms with E-state index in [0.717, 1.165) is 6.07 Å². The van der Waals surface area contributed by atoms with Crippen molar-refractivity contribution in [3.63, 3.8) is 0 Å². The number of benzene rings is 1. The van der Waals surface area contributed by atoms with Gasteiger partial charge in [0.25, 0.3) is 0 Å². The molecule has 1 aromatic rings. The third-order valence-electron chi connectivity index (χ3n) is 2.18. The molecule has 7 heteroatoms. The third-order valence-corrected chi connectivity index (χ3v) is 2.18. The van der Waals surface area contributed by atoms with Crippen LogP contribution in [0.4, 0.5) is 17.6 Å². The van der Waals surface area contributed by atoms with E-state index < -0.39 is 30.5 Å². The molecule has 1 aromatic carbocycles. The Morgan fingerprint density at radius 2 is 1.94 bits per heavy atom. The zero-order valence-corrected chi connectivity index (χ0v) is 9.17. The van der Waals surface area contributed by atoms with Crippen molar-refractivity contribution in [2.45, 2.75) is 18.7 Å². The monoisotopic (exact) mass is 265 g/mol. The Bertz CT molecular complexity index is 420. The van der Waals surface area contributed by atoms with Crippen molar-refractivity contribution in [3.8, 4) is 0 Å². The lowest BCUT2D eigenvalue weighted by Crippen LogP contribution is -2.41. The van der Waals surface area contributed by atoms with Crippen molar-refractivity contribution in [1.29, 1.82) is 0 Å². The number of aliphatic hydroxyl groups excluding tert-OH is 1. The quantitative estimate of drug-likeness (QED) is 0.809. The summed E-state index contributed by atoms with van der Waals surface area (Å²) in [6, 6.07) is 5.45. The number of alkyl halides is 3. The molecule has 0 fully saturated rings. The summed E-state index contributed by atoms with van der Waals surface area (Å²) < 4.78 is 48.9. The molecule has 0 aliphatic heterocycles. The van der Waals surface area contributed by atoms with Gasteiger partial charge in [0.05, 0.1) is 13.0 Å². The summed E-state index contributed by atoms with van der Waals surface area (Å²) in [5.41, 5.74) is 0.0801. The molecule has 0 spiro atoms. The van der Waals surface area contributed by atoms with Crippen molar-refractivity contribution < 1.29 is 27.5 Å². The van der Waals surface area contributed by atoms with E-state index in [1.165, 1.54) is 18.2 Å². The van der Waals surface area contributed by atoms with Crippen molar-refractivity contribution in [2.24, 2.45) is 0 Å². The maximum absolute atomic E-state index is 13.1. The Kier molecular flexibility index (Phi) is 4.66. The first-order valence-corrected chi connectivity index (χ1v) is 5.05. The first-order chi connectivity index (χ1) is 8.30. The molecule has 0 aliphatic carbocycles. The Hall–Kier alpha value is -1.63. The normalized spacial score (nSPS) is 13.2. The van der Waals surface area contributed by atoms with Crippen molar-refractivity contribution >= 4 is 5.91 Å². The summed E-state index contributed by atoms with van der Waals surface area (Å²) in [5, 5.41) is 10.5. The van der Waals surface area contributed by atoms with Crippen LogP contribution >= 0.6 is 0 Å². The molecular formula is C11H11F4NO2. The molecule has 18 heavy (non-hydrogen) atoms. The van der Waals surface area contributed by atoms with Gasteiger partial charge in [0, 0.05) is 0 Å². The number of carbonyl (C=O) groups is 1. The number of nitrogens with one attached hydrogen (secondary N) is 1. The summed E-state index contributed by atoms with van der Waals surface area (Å²) in [6.07, 6.45) is -7.79. The Morgan fingerprint density at radius 1 is 1.33 bits per heavy atom. The van der Waals surface area contributed by atoms with E-state index in [4.69, 9.17) is 5.11 Å². The Labute approximate surface area is 100 Å². The summed E-state index contributed by atoms with van der Waals surface area (Å²) in [4.78, 5) is 11.2. The molecular weight excluding hydrogens is 254 g/mol. The standard InChI is InChI=1S/C11H11F4NO2/c12-8-4-2-1-3-7(8)5-10(18)16-6-9(17)11(13,14)15/h1-4,9,17H,5-6H2,(H,16,18). The lowest BCUT2D eigenvalue weighted by molar-refractivity contribution is -0.201. The van der Waals surface area contributed by atoms with E-state index in [9.17, 15) is 22.4 Å². The van der Waals surface area contributed by atoms with Gasteiger partial charge < -0.3 is 10.4 Å². The molecule has 0 radical (unpaired) electrons. The summed E-state index contributed by atoms with van der Waals surface area (Å²) >= 11 is 0. The highest BCUT2D eigenvalue weighted by Gasteiger charge is 2.38. The van der Waals surface area contributed by atoms with E-state index in [-0.39, 0.29) is 12.0 Å². The lowest BCUT2D eigenvalue weighted by Gasteiger charge is -2.15. The second-order valence-corrected chi connectivity index (χ2v) is 3.63. The smallest absolute Gasteiger partial charge is 0.382 e. The Balaban J connectivity index is 2.46. The van der Waals surface area contributed by atoms with Crippen molar-refractivity contribution in [1.82, 2.24) is 5.32 Å².